The van der Waals surface area contributed by atoms with Crippen molar-refractivity contribution in [3.63, 3.8) is 0 Å². The second-order valence-electron chi connectivity index (χ2n) is 8.21. The molecule has 3 fully saturated rings. The summed E-state index contributed by atoms with van der Waals surface area (Å²) in [6, 6.07) is 0.380. The van der Waals surface area contributed by atoms with Gasteiger partial charge in [-0.25, -0.2) is 0 Å². The van der Waals surface area contributed by atoms with Crippen molar-refractivity contribution < 1.29 is 9.59 Å². The molecule has 2 unspecified atom stereocenters. The molecule has 3 aliphatic rings. The van der Waals surface area contributed by atoms with E-state index in [1.165, 1.54) is 19.3 Å². The normalized spacial score (nSPS) is 34.7. The minimum Gasteiger partial charge on any atom is -0.342 e. The third-order valence-electron chi connectivity index (χ3n) is 6.26. The maximum atomic E-state index is 12.9. The highest BCUT2D eigenvalue weighted by atomic mass is 16.2. The lowest BCUT2D eigenvalue weighted by molar-refractivity contribution is -0.137. The number of nitrogens with zero attached hydrogens (tertiary/aromatic N) is 2. The van der Waals surface area contributed by atoms with Crippen LogP contribution in [0.2, 0.25) is 0 Å². The number of hydrogen-bond donors (Lipinski definition) is 1. The standard InChI is InChI=1S/C19H33N3O2/c1-14-5-7-17(8-6-14)22-13-16(10-18(22)23)19(24)21-9-3-4-15(12-21)11-20-2/h14-17,20H,3-13H2,1-2H3. The second kappa shape index (κ2) is 7.85. The van der Waals surface area contributed by atoms with Crippen LogP contribution < -0.4 is 5.32 Å². The van der Waals surface area contributed by atoms with Crippen LogP contribution >= 0.6 is 0 Å². The molecule has 5 nitrogen and oxygen atoms in total. The highest BCUT2D eigenvalue weighted by molar-refractivity contribution is 5.89. The lowest BCUT2D eigenvalue weighted by Crippen LogP contribution is -2.46. The molecule has 2 aliphatic heterocycles. The fourth-order valence-corrected chi connectivity index (χ4v) is 4.78. The molecule has 0 aromatic carbocycles. The maximum absolute atomic E-state index is 12.9. The average Bonchev–Trinajstić information content (AvgIpc) is 2.97. The van der Waals surface area contributed by atoms with E-state index in [1.807, 2.05) is 16.8 Å². The molecule has 2 atom stereocenters. The third kappa shape index (κ3) is 3.93. The number of rotatable bonds is 4. The summed E-state index contributed by atoms with van der Waals surface area (Å²) in [5, 5.41) is 3.23. The Labute approximate surface area is 146 Å². The predicted molar refractivity (Wildman–Crippen MR) is 94.5 cm³/mol. The summed E-state index contributed by atoms with van der Waals surface area (Å²) in [7, 11) is 1.97. The summed E-state index contributed by atoms with van der Waals surface area (Å²) in [4.78, 5) is 29.4. The van der Waals surface area contributed by atoms with E-state index in [0.717, 1.165) is 44.8 Å². The van der Waals surface area contributed by atoms with Crippen molar-refractivity contribution in [2.45, 2.75) is 57.9 Å². The summed E-state index contributed by atoms with van der Waals surface area (Å²) in [5.41, 5.74) is 0. The molecule has 2 amide bonds. The monoisotopic (exact) mass is 335 g/mol. The number of amides is 2. The van der Waals surface area contributed by atoms with E-state index in [2.05, 4.69) is 12.2 Å². The van der Waals surface area contributed by atoms with E-state index in [4.69, 9.17) is 0 Å². The maximum Gasteiger partial charge on any atom is 0.228 e. The smallest absolute Gasteiger partial charge is 0.228 e. The Kier molecular flexibility index (Phi) is 5.80. The Morgan fingerprint density at radius 3 is 2.62 bits per heavy atom. The molecule has 24 heavy (non-hydrogen) atoms. The van der Waals surface area contributed by atoms with Gasteiger partial charge in [0.05, 0.1) is 5.92 Å². The fourth-order valence-electron chi connectivity index (χ4n) is 4.78. The Balaban J connectivity index is 1.55. The summed E-state index contributed by atoms with van der Waals surface area (Å²) < 4.78 is 0. The van der Waals surface area contributed by atoms with Crippen LogP contribution in [-0.4, -0.2) is 60.9 Å². The molecule has 0 radical (unpaired) electrons. The zero-order valence-electron chi connectivity index (χ0n) is 15.3. The van der Waals surface area contributed by atoms with Crippen LogP contribution in [0.25, 0.3) is 0 Å². The van der Waals surface area contributed by atoms with Gasteiger partial charge in [-0.15, -0.1) is 0 Å². The molecular weight excluding hydrogens is 302 g/mol. The molecular formula is C19H33N3O2. The molecule has 1 saturated carbocycles. The van der Waals surface area contributed by atoms with E-state index in [9.17, 15) is 9.59 Å². The van der Waals surface area contributed by atoms with Gasteiger partial charge in [-0.3, -0.25) is 9.59 Å². The first-order valence-corrected chi connectivity index (χ1v) is 9.81. The quantitative estimate of drug-likeness (QED) is 0.853. The summed E-state index contributed by atoms with van der Waals surface area (Å²) in [6.45, 7) is 5.64. The molecule has 2 saturated heterocycles. The van der Waals surface area contributed by atoms with Crippen LogP contribution in [0.3, 0.4) is 0 Å². The highest BCUT2D eigenvalue weighted by Crippen LogP contribution is 2.32. The lowest BCUT2D eigenvalue weighted by Gasteiger charge is -2.35. The van der Waals surface area contributed by atoms with Crippen molar-refractivity contribution in [3.05, 3.63) is 0 Å². The van der Waals surface area contributed by atoms with Gasteiger partial charge in [0.2, 0.25) is 11.8 Å². The molecule has 2 heterocycles. The Morgan fingerprint density at radius 1 is 1.17 bits per heavy atom. The first-order valence-electron chi connectivity index (χ1n) is 9.81. The van der Waals surface area contributed by atoms with E-state index in [1.54, 1.807) is 0 Å². The summed E-state index contributed by atoms with van der Waals surface area (Å²) in [5.74, 6) is 1.66. The number of likely N-dealkylation sites (tertiary alicyclic amines) is 2. The first-order chi connectivity index (χ1) is 11.6. The number of carbonyl (C=O) groups excluding carboxylic acids is 2. The van der Waals surface area contributed by atoms with Gasteiger partial charge in [-0.2, -0.15) is 0 Å². The van der Waals surface area contributed by atoms with Crippen molar-refractivity contribution in [1.82, 2.24) is 15.1 Å². The summed E-state index contributed by atoms with van der Waals surface area (Å²) >= 11 is 0. The van der Waals surface area contributed by atoms with Crippen LogP contribution in [0.1, 0.15) is 51.9 Å². The largest absolute Gasteiger partial charge is 0.342 e. The average molecular weight is 335 g/mol. The molecule has 0 aromatic rings. The molecule has 1 aliphatic carbocycles. The van der Waals surface area contributed by atoms with Gasteiger partial charge in [0.15, 0.2) is 0 Å². The van der Waals surface area contributed by atoms with E-state index in [-0.39, 0.29) is 17.7 Å². The van der Waals surface area contributed by atoms with Crippen LogP contribution in [0.4, 0.5) is 0 Å². The topological polar surface area (TPSA) is 52.7 Å². The minimum atomic E-state index is -0.106. The second-order valence-corrected chi connectivity index (χ2v) is 8.21. The minimum absolute atomic E-state index is 0.106. The number of nitrogens with one attached hydrogen (secondary N) is 1. The number of hydrogen-bond acceptors (Lipinski definition) is 3. The van der Waals surface area contributed by atoms with Gasteiger partial charge in [-0.05, 0) is 64.0 Å². The Morgan fingerprint density at radius 2 is 1.92 bits per heavy atom. The van der Waals surface area contributed by atoms with Crippen molar-refractivity contribution in [1.29, 1.82) is 0 Å². The molecule has 0 spiro atoms. The SMILES string of the molecule is CNCC1CCCN(C(=O)C2CC(=O)N(C3CCC(C)CC3)C2)C1. The zero-order chi connectivity index (χ0) is 17.1. The van der Waals surface area contributed by atoms with Gasteiger partial charge in [0, 0.05) is 32.1 Å². The van der Waals surface area contributed by atoms with Crippen molar-refractivity contribution in [3.8, 4) is 0 Å². The van der Waals surface area contributed by atoms with E-state index < -0.39 is 0 Å². The fraction of sp³-hybridized carbons (Fsp3) is 0.895. The van der Waals surface area contributed by atoms with E-state index >= 15 is 0 Å². The molecule has 3 rings (SSSR count). The zero-order valence-corrected chi connectivity index (χ0v) is 15.3. The number of carbonyl (C=O) groups is 2. The van der Waals surface area contributed by atoms with Gasteiger partial charge in [0.1, 0.15) is 0 Å². The van der Waals surface area contributed by atoms with E-state index in [0.29, 0.717) is 24.9 Å². The van der Waals surface area contributed by atoms with Gasteiger partial charge in [0.25, 0.3) is 0 Å². The van der Waals surface area contributed by atoms with Gasteiger partial charge < -0.3 is 15.1 Å². The van der Waals surface area contributed by atoms with Crippen LogP contribution in [0.5, 0.6) is 0 Å². The molecule has 5 heteroatoms. The summed E-state index contributed by atoms with van der Waals surface area (Å²) in [6.07, 6.45) is 7.36. The molecule has 1 N–H and O–H groups in total. The number of piperidine rings is 1. The van der Waals surface area contributed by atoms with Crippen molar-refractivity contribution in [2.75, 3.05) is 33.2 Å². The van der Waals surface area contributed by atoms with Gasteiger partial charge in [-0.1, -0.05) is 6.92 Å². The molecule has 136 valence electrons. The van der Waals surface area contributed by atoms with Crippen molar-refractivity contribution >= 4 is 11.8 Å². The Hall–Kier alpha value is -1.10. The third-order valence-corrected chi connectivity index (χ3v) is 6.26. The Bertz CT molecular complexity index is 458. The molecule has 0 bridgehead atoms. The van der Waals surface area contributed by atoms with Gasteiger partial charge >= 0.3 is 0 Å². The van der Waals surface area contributed by atoms with Crippen LogP contribution in [0.15, 0.2) is 0 Å². The van der Waals surface area contributed by atoms with Crippen LogP contribution in [0, 0.1) is 17.8 Å². The lowest BCUT2D eigenvalue weighted by atomic mass is 9.86. The molecule has 0 aromatic heterocycles. The first kappa shape index (κ1) is 17.7. The van der Waals surface area contributed by atoms with Crippen molar-refractivity contribution in [2.24, 2.45) is 17.8 Å². The van der Waals surface area contributed by atoms with Crippen LogP contribution in [-0.2, 0) is 9.59 Å². The highest BCUT2D eigenvalue weighted by Gasteiger charge is 2.40. The predicted octanol–water partition coefficient (Wildman–Crippen LogP) is 1.87.